The minimum Gasteiger partial charge on any atom is -0.464 e. The Labute approximate surface area is 80.1 Å². The molecular formula is C10H20O3. The minimum absolute atomic E-state index is 0.338. The van der Waals surface area contributed by atoms with Crippen molar-refractivity contribution in [1.82, 2.24) is 0 Å². The molecule has 0 heterocycles. The molecule has 1 N–H and O–H groups in total. The van der Waals surface area contributed by atoms with E-state index >= 15 is 0 Å². The van der Waals surface area contributed by atoms with E-state index in [0.717, 1.165) is 25.7 Å². The van der Waals surface area contributed by atoms with E-state index in [1.165, 1.54) is 0 Å². The Hall–Kier alpha value is -0.570. The van der Waals surface area contributed by atoms with Gasteiger partial charge in [0.05, 0.1) is 6.61 Å². The summed E-state index contributed by atoms with van der Waals surface area (Å²) in [4.78, 5) is 10.9. The number of hydrogen-bond acceptors (Lipinski definition) is 3. The molecule has 0 aromatic carbocycles. The van der Waals surface area contributed by atoms with Crippen LogP contribution in [-0.2, 0) is 9.53 Å². The molecule has 0 spiro atoms. The fourth-order valence-electron chi connectivity index (χ4n) is 1.12. The van der Waals surface area contributed by atoms with Crippen molar-refractivity contribution >= 4 is 5.97 Å². The Morgan fingerprint density at radius 1 is 1.31 bits per heavy atom. The van der Waals surface area contributed by atoms with Gasteiger partial charge in [0.25, 0.3) is 0 Å². The van der Waals surface area contributed by atoms with Gasteiger partial charge in [-0.15, -0.1) is 0 Å². The maximum absolute atomic E-state index is 10.9. The summed E-state index contributed by atoms with van der Waals surface area (Å²) in [5.74, 6) is -0.487. The molecule has 0 bridgehead atoms. The summed E-state index contributed by atoms with van der Waals surface area (Å²) < 4.78 is 4.67. The van der Waals surface area contributed by atoms with Crippen molar-refractivity contribution in [2.45, 2.75) is 52.1 Å². The van der Waals surface area contributed by atoms with Gasteiger partial charge in [-0.05, 0) is 13.3 Å². The van der Waals surface area contributed by atoms with Crippen LogP contribution < -0.4 is 0 Å². The van der Waals surface area contributed by atoms with Crippen molar-refractivity contribution in [3.63, 3.8) is 0 Å². The molecule has 3 heteroatoms. The maximum atomic E-state index is 10.9. The van der Waals surface area contributed by atoms with Crippen LogP contribution >= 0.6 is 0 Å². The second-order valence-corrected chi connectivity index (χ2v) is 3.12. The Balaban J connectivity index is 3.38. The summed E-state index contributed by atoms with van der Waals surface area (Å²) in [6, 6.07) is 0. The third-order valence-electron chi connectivity index (χ3n) is 1.89. The minimum atomic E-state index is -0.920. The average Bonchev–Trinajstić information content (AvgIpc) is 2.12. The van der Waals surface area contributed by atoms with Gasteiger partial charge in [0.2, 0.25) is 0 Å². The Bertz CT molecular complexity index is 134. The molecular weight excluding hydrogens is 168 g/mol. The molecule has 0 rings (SSSR count). The number of unbranched alkanes of at least 4 members (excludes halogenated alkanes) is 3. The number of carbonyl (C=O) groups excluding carboxylic acids is 1. The van der Waals surface area contributed by atoms with Crippen LogP contribution in [0.5, 0.6) is 0 Å². The van der Waals surface area contributed by atoms with Gasteiger partial charge in [-0.25, -0.2) is 4.79 Å². The lowest BCUT2D eigenvalue weighted by molar-refractivity contribution is -0.153. The first kappa shape index (κ1) is 12.4. The largest absolute Gasteiger partial charge is 0.464 e. The molecule has 0 aromatic heterocycles. The van der Waals surface area contributed by atoms with Gasteiger partial charge < -0.3 is 9.84 Å². The lowest BCUT2D eigenvalue weighted by Crippen LogP contribution is -2.22. The highest BCUT2D eigenvalue weighted by Crippen LogP contribution is 2.06. The molecule has 1 unspecified atom stereocenters. The zero-order valence-electron chi connectivity index (χ0n) is 8.58. The fourth-order valence-corrected chi connectivity index (χ4v) is 1.12. The number of rotatable bonds is 7. The van der Waals surface area contributed by atoms with Crippen LogP contribution in [0, 0.1) is 0 Å². The van der Waals surface area contributed by atoms with E-state index in [-0.39, 0.29) is 0 Å². The Morgan fingerprint density at radius 2 is 2.00 bits per heavy atom. The quantitative estimate of drug-likeness (QED) is 0.490. The zero-order chi connectivity index (χ0) is 10.1. The summed E-state index contributed by atoms with van der Waals surface area (Å²) in [6.07, 6.45) is 3.90. The molecule has 0 radical (unpaired) electrons. The van der Waals surface area contributed by atoms with E-state index in [2.05, 4.69) is 11.7 Å². The van der Waals surface area contributed by atoms with Crippen molar-refractivity contribution in [2.75, 3.05) is 6.61 Å². The summed E-state index contributed by atoms with van der Waals surface area (Å²) >= 11 is 0. The predicted molar refractivity (Wildman–Crippen MR) is 51.4 cm³/mol. The van der Waals surface area contributed by atoms with Gasteiger partial charge in [0, 0.05) is 0 Å². The second kappa shape index (κ2) is 8.05. The third-order valence-corrected chi connectivity index (χ3v) is 1.89. The number of carbonyl (C=O) groups is 1. The number of esters is 1. The molecule has 0 saturated carbocycles. The van der Waals surface area contributed by atoms with E-state index in [1.54, 1.807) is 6.92 Å². The van der Waals surface area contributed by atoms with Crippen LogP contribution in [0.4, 0.5) is 0 Å². The Morgan fingerprint density at radius 3 is 2.54 bits per heavy atom. The first-order valence-electron chi connectivity index (χ1n) is 5.07. The van der Waals surface area contributed by atoms with Crippen molar-refractivity contribution in [3.8, 4) is 0 Å². The first-order valence-corrected chi connectivity index (χ1v) is 5.07. The zero-order valence-corrected chi connectivity index (χ0v) is 8.58. The highest BCUT2D eigenvalue weighted by Gasteiger charge is 2.14. The first-order chi connectivity index (χ1) is 6.22. The van der Waals surface area contributed by atoms with E-state index in [9.17, 15) is 9.90 Å². The number of aliphatic hydroxyl groups excluding tert-OH is 1. The van der Waals surface area contributed by atoms with Crippen LogP contribution in [-0.4, -0.2) is 23.8 Å². The van der Waals surface area contributed by atoms with Gasteiger partial charge in [0.1, 0.15) is 0 Å². The monoisotopic (exact) mass is 188 g/mol. The van der Waals surface area contributed by atoms with Crippen LogP contribution in [0.3, 0.4) is 0 Å². The molecule has 13 heavy (non-hydrogen) atoms. The predicted octanol–water partition coefficient (Wildman–Crippen LogP) is 1.88. The Kier molecular flexibility index (Phi) is 7.69. The normalized spacial score (nSPS) is 12.5. The van der Waals surface area contributed by atoms with Gasteiger partial charge in [-0.3, -0.25) is 0 Å². The summed E-state index contributed by atoms with van der Waals surface area (Å²) in [5.41, 5.74) is 0. The molecule has 0 aliphatic rings. The summed E-state index contributed by atoms with van der Waals surface area (Å²) in [5, 5.41) is 9.27. The van der Waals surface area contributed by atoms with Crippen LogP contribution in [0.1, 0.15) is 46.0 Å². The molecule has 3 nitrogen and oxygen atoms in total. The maximum Gasteiger partial charge on any atom is 0.334 e. The van der Waals surface area contributed by atoms with Gasteiger partial charge in [-0.1, -0.05) is 32.6 Å². The van der Waals surface area contributed by atoms with Gasteiger partial charge in [0.15, 0.2) is 6.10 Å². The van der Waals surface area contributed by atoms with E-state index in [0.29, 0.717) is 13.0 Å². The highest BCUT2D eigenvalue weighted by atomic mass is 16.5. The van der Waals surface area contributed by atoms with E-state index < -0.39 is 12.1 Å². The van der Waals surface area contributed by atoms with Crippen molar-refractivity contribution in [3.05, 3.63) is 0 Å². The number of hydrogen-bond donors (Lipinski definition) is 1. The highest BCUT2D eigenvalue weighted by molar-refractivity contribution is 5.74. The second-order valence-electron chi connectivity index (χ2n) is 3.12. The van der Waals surface area contributed by atoms with Crippen LogP contribution in [0.25, 0.3) is 0 Å². The summed E-state index contributed by atoms with van der Waals surface area (Å²) in [7, 11) is 0. The van der Waals surface area contributed by atoms with Gasteiger partial charge >= 0.3 is 5.97 Å². The molecule has 0 aliphatic heterocycles. The van der Waals surface area contributed by atoms with Crippen LogP contribution in [0.2, 0.25) is 0 Å². The molecule has 0 amide bonds. The van der Waals surface area contributed by atoms with Gasteiger partial charge in [-0.2, -0.15) is 0 Å². The number of aliphatic hydroxyl groups is 1. The summed E-state index contributed by atoms with van der Waals surface area (Å²) in [6.45, 7) is 4.20. The standard InChI is InChI=1S/C10H20O3/c1-3-5-6-7-8-9(11)10(12)13-4-2/h9,11H,3-8H2,1-2H3. The molecule has 78 valence electrons. The topological polar surface area (TPSA) is 46.5 Å². The number of ether oxygens (including phenoxy) is 1. The lowest BCUT2D eigenvalue weighted by Gasteiger charge is -2.08. The molecule has 0 aliphatic carbocycles. The molecule has 1 atom stereocenters. The third kappa shape index (κ3) is 6.58. The molecule has 0 fully saturated rings. The molecule has 0 saturated heterocycles. The van der Waals surface area contributed by atoms with E-state index in [1.807, 2.05) is 0 Å². The average molecular weight is 188 g/mol. The van der Waals surface area contributed by atoms with Crippen molar-refractivity contribution in [2.24, 2.45) is 0 Å². The van der Waals surface area contributed by atoms with Crippen molar-refractivity contribution in [1.29, 1.82) is 0 Å². The fraction of sp³-hybridized carbons (Fsp3) is 0.900. The van der Waals surface area contributed by atoms with Crippen LogP contribution in [0.15, 0.2) is 0 Å². The smallest absolute Gasteiger partial charge is 0.334 e. The lowest BCUT2D eigenvalue weighted by atomic mass is 10.1. The SMILES string of the molecule is CCCCCCC(O)C(=O)OCC. The molecule has 0 aromatic rings. The van der Waals surface area contributed by atoms with E-state index in [4.69, 9.17) is 0 Å². The van der Waals surface area contributed by atoms with Crippen molar-refractivity contribution < 1.29 is 14.6 Å².